The molecule has 2 N–H and O–H groups in total. The second-order valence-corrected chi connectivity index (χ2v) is 9.77. The van der Waals surface area contributed by atoms with Crippen molar-refractivity contribution in [3.63, 3.8) is 0 Å². The molecule has 10 heteroatoms. The van der Waals surface area contributed by atoms with Crippen LogP contribution in [0.2, 0.25) is 0 Å². The van der Waals surface area contributed by atoms with Gasteiger partial charge in [0.2, 0.25) is 5.96 Å². The summed E-state index contributed by atoms with van der Waals surface area (Å²) in [5.41, 5.74) is 7.17. The van der Waals surface area contributed by atoms with Crippen LogP contribution in [-0.4, -0.2) is 59.6 Å². The molecule has 1 aliphatic carbocycles. The largest absolute Gasteiger partial charge is 0.416 e. The number of piperidine rings is 1. The molecule has 0 atom stereocenters. The number of rotatable bonds is 6. The van der Waals surface area contributed by atoms with Gasteiger partial charge in [-0.1, -0.05) is 19.8 Å². The first-order chi connectivity index (χ1) is 17.2. The van der Waals surface area contributed by atoms with Crippen LogP contribution in [0.5, 0.6) is 0 Å². The fourth-order valence-corrected chi connectivity index (χ4v) is 5.24. The Kier molecular flexibility index (Phi) is 8.02. The van der Waals surface area contributed by atoms with Gasteiger partial charge in [0.25, 0.3) is 5.95 Å². The molecule has 2 aliphatic rings. The van der Waals surface area contributed by atoms with Gasteiger partial charge in [-0.3, -0.25) is 0 Å². The highest BCUT2D eigenvalue weighted by molar-refractivity contribution is 5.96. The molecule has 7 nitrogen and oxygen atoms in total. The molecule has 1 aromatic carbocycles. The van der Waals surface area contributed by atoms with Gasteiger partial charge in [0.1, 0.15) is 5.82 Å². The summed E-state index contributed by atoms with van der Waals surface area (Å²) in [5.74, 6) is 1.25. The maximum Gasteiger partial charge on any atom is 0.416 e. The van der Waals surface area contributed by atoms with Crippen LogP contribution in [0.25, 0.3) is 0 Å². The SMILES string of the molecule is CCN1CCC(N(C)c2cc(C)nc(N=C(N)N(c3ccc(C(F)(F)F)cc3)C3CCCC3)n2)CC1. The number of aromatic nitrogens is 2. The van der Waals surface area contributed by atoms with Crippen LogP contribution in [0.4, 0.5) is 30.6 Å². The summed E-state index contributed by atoms with van der Waals surface area (Å²) in [4.78, 5) is 20.2. The van der Waals surface area contributed by atoms with Crippen LogP contribution in [0.15, 0.2) is 35.3 Å². The first kappa shape index (κ1) is 26.2. The minimum Gasteiger partial charge on any atom is -0.369 e. The second kappa shape index (κ2) is 11.0. The van der Waals surface area contributed by atoms with Gasteiger partial charge in [0.15, 0.2) is 0 Å². The average molecular weight is 504 g/mol. The summed E-state index contributed by atoms with van der Waals surface area (Å²) in [6.07, 6.45) is 1.63. The molecule has 1 aliphatic heterocycles. The Morgan fingerprint density at radius 2 is 1.69 bits per heavy atom. The molecule has 36 heavy (non-hydrogen) atoms. The Balaban J connectivity index is 1.60. The Hall–Kier alpha value is -2.88. The Bertz CT molecular complexity index is 1040. The topological polar surface area (TPSA) is 73.9 Å². The van der Waals surface area contributed by atoms with Gasteiger partial charge in [0.05, 0.1) is 5.56 Å². The third-order valence-electron chi connectivity index (χ3n) is 7.37. The van der Waals surface area contributed by atoms with Crippen LogP contribution in [0, 0.1) is 6.92 Å². The third-order valence-corrected chi connectivity index (χ3v) is 7.37. The lowest BCUT2D eigenvalue weighted by Gasteiger charge is -2.36. The number of likely N-dealkylation sites (tertiary alicyclic amines) is 1. The average Bonchev–Trinajstić information content (AvgIpc) is 3.37. The molecule has 1 saturated carbocycles. The zero-order valence-corrected chi connectivity index (χ0v) is 21.3. The van der Waals surface area contributed by atoms with Crippen molar-refractivity contribution >= 4 is 23.4 Å². The van der Waals surface area contributed by atoms with Gasteiger partial charge in [-0.05, 0) is 63.4 Å². The number of hydrogen-bond donors (Lipinski definition) is 1. The van der Waals surface area contributed by atoms with E-state index in [1.807, 2.05) is 17.9 Å². The first-order valence-corrected chi connectivity index (χ1v) is 12.8. The number of anilines is 2. The minimum absolute atomic E-state index is 0.0705. The van der Waals surface area contributed by atoms with E-state index in [-0.39, 0.29) is 17.9 Å². The maximum absolute atomic E-state index is 13.1. The summed E-state index contributed by atoms with van der Waals surface area (Å²) in [6.45, 7) is 7.29. The Morgan fingerprint density at radius 1 is 1.06 bits per heavy atom. The van der Waals surface area contributed by atoms with Crippen LogP contribution < -0.4 is 15.5 Å². The van der Waals surface area contributed by atoms with E-state index in [2.05, 4.69) is 33.7 Å². The normalized spacial score (nSPS) is 18.6. The molecule has 0 amide bonds. The van der Waals surface area contributed by atoms with Crippen LogP contribution in [0.3, 0.4) is 0 Å². The number of halogens is 3. The third kappa shape index (κ3) is 6.08. The van der Waals surface area contributed by atoms with Crippen molar-refractivity contribution in [1.82, 2.24) is 14.9 Å². The van der Waals surface area contributed by atoms with E-state index in [0.717, 1.165) is 81.8 Å². The van der Waals surface area contributed by atoms with E-state index in [1.54, 1.807) is 0 Å². The lowest BCUT2D eigenvalue weighted by atomic mass is 10.0. The summed E-state index contributed by atoms with van der Waals surface area (Å²) in [7, 11) is 2.05. The van der Waals surface area contributed by atoms with Crippen LogP contribution >= 0.6 is 0 Å². The molecule has 2 heterocycles. The number of hydrogen-bond acceptors (Lipinski definition) is 5. The highest BCUT2D eigenvalue weighted by Gasteiger charge is 2.31. The summed E-state index contributed by atoms with van der Waals surface area (Å²) < 4.78 is 39.3. The summed E-state index contributed by atoms with van der Waals surface area (Å²) in [6, 6.07) is 7.51. The zero-order valence-electron chi connectivity index (χ0n) is 21.3. The van der Waals surface area contributed by atoms with Crippen molar-refractivity contribution in [2.75, 3.05) is 36.5 Å². The molecule has 0 radical (unpaired) electrons. The molecule has 1 aromatic heterocycles. The number of alkyl halides is 3. The van der Waals surface area contributed by atoms with Crippen molar-refractivity contribution < 1.29 is 13.2 Å². The molecule has 0 unspecified atom stereocenters. The van der Waals surface area contributed by atoms with E-state index < -0.39 is 11.7 Å². The predicted octanol–water partition coefficient (Wildman–Crippen LogP) is 5.12. The van der Waals surface area contributed by atoms with Gasteiger partial charge in [-0.25, -0.2) is 4.98 Å². The lowest BCUT2D eigenvalue weighted by molar-refractivity contribution is -0.137. The van der Waals surface area contributed by atoms with Crippen molar-refractivity contribution in [1.29, 1.82) is 0 Å². The minimum atomic E-state index is -4.39. The van der Waals surface area contributed by atoms with Gasteiger partial charge >= 0.3 is 6.18 Å². The van der Waals surface area contributed by atoms with Crippen molar-refractivity contribution in [3.05, 3.63) is 41.6 Å². The first-order valence-electron chi connectivity index (χ1n) is 12.8. The number of nitrogens with zero attached hydrogens (tertiary/aromatic N) is 6. The fourth-order valence-electron chi connectivity index (χ4n) is 5.24. The standard InChI is InChI=1S/C26H36F3N7/c1-4-35-15-13-20(14-16-35)34(3)23-17-18(2)31-25(32-23)33-24(30)36(21-7-5-6-8-21)22-11-9-19(10-12-22)26(27,28)29/h9-12,17,20-21H,4-8,13-16H2,1-3H3,(H2,30,31,32,33). The molecular formula is C26H36F3N7. The van der Waals surface area contributed by atoms with Gasteiger partial charge < -0.3 is 20.4 Å². The molecule has 2 fully saturated rings. The van der Waals surface area contributed by atoms with Crippen molar-refractivity contribution in [3.8, 4) is 0 Å². The second-order valence-electron chi connectivity index (χ2n) is 9.77. The lowest BCUT2D eigenvalue weighted by Crippen LogP contribution is -2.44. The molecule has 196 valence electrons. The van der Waals surface area contributed by atoms with E-state index in [0.29, 0.717) is 11.7 Å². The van der Waals surface area contributed by atoms with Crippen LogP contribution in [0.1, 0.15) is 56.7 Å². The molecule has 4 rings (SSSR count). The molecule has 2 aromatic rings. The zero-order chi connectivity index (χ0) is 25.9. The number of nitrogens with two attached hydrogens (primary N) is 1. The van der Waals surface area contributed by atoms with Gasteiger partial charge in [-0.2, -0.15) is 23.1 Å². The van der Waals surface area contributed by atoms with E-state index in [1.165, 1.54) is 12.1 Å². The van der Waals surface area contributed by atoms with Crippen LogP contribution in [-0.2, 0) is 6.18 Å². The Morgan fingerprint density at radius 3 is 2.28 bits per heavy atom. The highest BCUT2D eigenvalue weighted by atomic mass is 19.4. The molecule has 0 bridgehead atoms. The fraction of sp³-hybridized carbons (Fsp3) is 0.577. The van der Waals surface area contributed by atoms with Crippen molar-refractivity contribution in [2.45, 2.75) is 70.6 Å². The highest BCUT2D eigenvalue weighted by Crippen LogP contribution is 2.33. The monoisotopic (exact) mass is 503 g/mol. The van der Waals surface area contributed by atoms with E-state index in [9.17, 15) is 13.2 Å². The number of benzene rings is 1. The number of aliphatic imine (C=N–C) groups is 1. The Labute approximate surface area is 211 Å². The predicted molar refractivity (Wildman–Crippen MR) is 138 cm³/mol. The quantitative estimate of drug-likeness (QED) is 0.436. The summed E-state index contributed by atoms with van der Waals surface area (Å²) in [5, 5.41) is 0. The number of guanidine groups is 1. The molecular weight excluding hydrogens is 467 g/mol. The summed E-state index contributed by atoms with van der Waals surface area (Å²) >= 11 is 0. The molecule has 1 saturated heterocycles. The van der Waals surface area contributed by atoms with Gasteiger partial charge in [-0.15, -0.1) is 0 Å². The molecule has 0 spiro atoms. The van der Waals surface area contributed by atoms with E-state index in [4.69, 9.17) is 10.7 Å². The smallest absolute Gasteiger partial charge is 0.369 e. The maximum atomic E-state index is 13.1. The van der Waals surface area contributed by atoms with Crippen molar-refractivity contribution in [2.24, 2.45) is 10.7 Å². The van der Waals surface area contributed by atoms with Gasteiger partial charge in [0, 0.05) is 49.7 Å². The number of aryl methyl sites for hydroxylation is 1. The van der Waals surface area contributed by atoms with E-state index >= 15 is 0 Å².